The molecule has 1 nitrogen and oxygen atoms in total. The first kappa shape index (κ1) is 8.92. The van der Waals surface area contributed by atoms with Gasteiger partial charge in [0.15, 0.2) is 0 Å². The van der Waals surface area contributed by atoms with Gasteiger partial charge in [0.1, 0.15) is 12.4 Å². The Kier molecular flexibility index (Phi) is 4.07. The van der Waals surface area contributed by atoms with Gasteiger partial charge in [-0.2, -0.15) is 0 Å². The maximum Gasteiger partial charge on any atom is 0.119 e. The lowest BCUT2D eigenvalue weighted by Gasteiger charge is -1.99. The molecule has 0 aromatic heterocycles. The van der Waals surface area contributed by atoms with Gasteiger partial charge in [0, 0.05) is 5.54 Å². The molecule has 62 valence electrons. The summed E-state index contributed by atoms with van der Waals surface area (Å²) in [6, 6.07) is 9.60. The smallest absolute Gasteiger partial charge is 0.119 e. The van der Waals surface area contributed by atoms with Crippen molar-refractivity contribution in [2.45, 2.75) is 0 Å². The molecule has 0 saturated heterocycles. The Bertz CT molecular complexity index is 273. The number of para-hydroxylation sites is 1. The summed E-state index contributed by atoms with van der Waals surface area (Å²) in [7, 11) is 0. The second kappa shape index (κ2) is 5.48. The Hall–Kier alpha value is -1.17. The van der Waals surface area contributed by atoms with Crippen molar-refractivity contribution in [3.63, 3.8) is 0 Å². The van der Waals surface area contributed by atoms with Gasteiger partial charge >= 0.3 is 0 Å². The van der Waals surface area contributed by atoms with Crippen LogP contribution >= 0.6 is 11.6 Å². The Labute approximate surface area is 76.9 Å². The van der Waals surface area contributed by atoms with Crippen LogP contribution in [-0.4, -0.2) is 6.61 Å². The fourth-order valence-electron chi connectivity index (χ4n) is 0.747. The van der Waals surface area contributed by atoms with Crippen LogP contribution in [0.4, 0.5) is 0 Å². The molecule has 0 N–H and O–H groups in total. The van der Waals surface area contributed by atoms with Gasteiger partial charge in [0.2, 0.25) is 0 Å². The molecule has 0 bridgehead atoms. The van der Waals surface area contributed by atoms with Crippen LogP contribution in [0.2, 0.25) is 0 Å². The van der Waals surface area contributed by atoms with Gasteiger partial charge < -0.3 is 4.74 Å². The van der Waals surface area contributed by atoms with Crippen molar-refractivity contribution >= 4 is 11.6 Å². The summed E-state index contributed by atoms with van der Waals surface area (Å²) >= 11 is 5.26. The second-order valence-corrected chi connectivity index (χ2v) is 2.32. The maximum absolute atomic E-state index is 5.31. The zero-order valence-corrected chi connectivity index (χ0v) is 7.29. The van der Waals surface area contributed by atoms with Crippen molar-refractivity contribution < 1.29 is 4.74 Å². The average Bonchev–Trinajstić information content (AvgIpc) is 2.14. The molecule has 0 saturated carbocycles. The molecule has 1 aromatic carbocycles. The summed E-state index contributed by atoms with van der Waals surface area (Å²) in [4.78, 5) is 0. The van der Waals surface area contributed by atoms with Gasteiger partial charge in [-0.15, -0.1) is 5.73 Å². The van der Waals surface area contributed by atoms with Crippen molar-refractivity contribution in [1.82, 2.24) is 0 Å². The predicted octanol–water partition coefficient (Wildman–Crippen LogP) is 2.97. The van der Waals surface area contributed by atoms with Gasteiger partial charge in [0.05, 0.1) is 0 Å². The molecular weight excluding hydrogens is 172 g/mol. The van der Waals surface area contributed by atoms with Crippen molar-refractivity contribution in [2.75, 3.05) is 6.61 Å². The molecule has 0 radical (unpaired) electrons. The predicted molar refractivity (Wildman–Crippen MR) is 50.4 cm³/mol. The van der Waals surface area contributed by atoms with Gasteiger partial charge in [-0.1, -0.05) is 29.8 Å². The topological polar surface area (TPSA) is 9.23 Å². The lowest BCUT2D eigenvalue weighted by atomic mass is 10.3. The fourth-order valence-corrected chi connectivity index (χ4v) is 0.836. The van der Waals surface area contributed by atoms with Crippen molar-refractivity contribution in [3.8, 4) is 5.75 Å². The minimum Gasteiger partial charge on any atom is -0.489 e. The molecule has 0 atom stereocenters. The molecule has 0 aliphatic carbocycles. The average molecular weight is 181 g/mol. The Morgan fingerprint density at radius 3 is 2.75 bits per heavy atom. The maximum atomic E-state index is 5.31. The number of halogens is 1. The van der Waals surface area contributed by atoms with Crippen LogP contribution in [0.1, 0.15) is 0 Å². The van der Waals surface area contributed by atoms with E-state index in [1.165, 1.54) is 5.54 Å². The van der Waals surface area contributed by atoms with E-state index in [1.807, 2.05) is 30.3 Å². The monoisotopic (exact) mass is 180 g/mol. The van der Waals surface area contributed by atoms with Gasteiger partial charge in [-0.05, 0) is 18.2 Å². The van der Waals surface area contributed by atoms with Gasteiger partial charge in [-0.3, -0.25) is 0 Å². The van der Waals surface area contributed by atoms with E-state index in [9.17, 15) is 0 Å². The van der Waals surface area contributed by atoms with E-state index in [0.717, 1.165) is 5.75 Å². The minimum absolute atomic E-state index is 0.493. The highest BCUT2D eigenvalue weighted by Gasteiger charge is 1.85. The molecule has 0 aliphatic rings. The van der Waals surface area contributed by atoms with Crippen molar-refractivity contribution in [2.24, 2.45) is 0 Å². The van der Waals surface area contributed by atoms with Gasteiger partial charge in [-0.25, -0.2) is 0 Å². The standard InChI is InChI=1S/C10H9ClO/c11-8-4-5-9-12-10-6-2-1-3-7-10/h1-3,5-8H,9H2. The van der Waals surface area contributed by atoms with E-state index in [2.05, 4.69) is 5.73 Å². The summed E-state index contributed by atoms with van der Waals surface area (Å²) < 4.78 is 5.31. The van der Waals surface area contributed by atoms with E-state index in [1.54, 1.807) is 6.08 Å². The van der Waals surface area contributed by atoms with Crippen LogP contribution in [0, 0.1) is 0 Å². The Morgan fingerprint density at radius 1 is 1.33 bits per heavy atom. The summed E-state index contributed by atoms with van der Waals surface area (Å²) in [6.07, 6.45) is 1.72. The van der Waals surface area contributed by atoms with E-state index in [0.29, 0.717) is 6.61 Å². The highest BCUT2D eigenvalue weighted by atomic mass is 35.5. The van der Waals surface area contributed by atoms with E-state index in [4.69, 9.17) is 16.3 Å². The Morgan fingerprint density at radius 2 is 2.08 bits per heavy atom. The lowest BCUT2D eigenvalue weighted by molar-refractivity contribution is 0.363. The summed E-state index contributed by atoms with van der Waals surface area (Å²) in [6.45, 7) is 0.493. The van der Waals surface area contributed by atoms with Crippen LogP contribution in [0.5, 0.6) is 5.75 Å². The molecule has 2 heteroatoms. The molecule has 0 spiro atoms. The first-order chi connectivity index (χ1) is 5.93. The largest absolute Gasteiger partial charge is 0.489 e. The Balaban J connectivity index is 2.39. The summed E-state index contributed by atoms with van der Waals surface area (Å²) in [5.41, 5.74) is 4.04. The second-order valence-electron chi connectivity index (χ2n) is 2.10. The zero-order valence-electron chi connectivity index (χ0n) is 6.53. The fraction of sp³-hybridized carbons (Fsp3) is 0.100. The van der Waals surface area contributed by atoms with Crippen LogP contribution in [0.25, 0.3) is 0 Å². The van der Waals surface area contributed by atoms with Crippen LogP contribution in [-0.2, 0) is 0 Å². The van der Waals surface area contributed by atoms with E-state index in [-0.39, 0.29) is 0 Å². The minimum atomic E-state index is 0.493. The molecular formula is C10H9ClO. The quantitative estimate of drug-likeness (QED) is 0.650. The highest BCUT2D eigenvalue weighted by molar-refractivity contribution is 6.25. The first-order valence-corrected chi connectivity index (χ1v) is 4.04. The normalized spacial score (nSPS) is 8.42. The van der Waals surface area contributed by atoms with Gasteiger partial charge in [0.25, 0.3) is 0 Å². The third-order valence-electron chi connectivity index (χ3n) is 1.26. The molecule has 0 heterocycles. The number of rotatable bonds is 3. The lowest BCUT2D eigenvalue weighted by Crippen LogP contribution is -1.91. The first-order valence-electron chi connectivity index (χ1n) is 3.61. The number of benzene rings is 1. The molecule has 0 unspecified atom stereocenters. The van der Waals surface area contributed by atoms with Crippen LogP contribution < -0.4 is 4.74 Å². The zero-order chi connectivity index (χ0) is 8.65. The third kappa shape index (κ3) is 3.29. The molecule has 0 amide bonds. The summed E-state index contributed by atoms with van der Waals surface area (Å²) in [5, 5.41) is 0. The van der Waals surface area contributed by atoms with E-state index >= 15 is 0 Å². The molecule has 1 aromatic rings. The van der Waals surface area contributed by atoms with Crippen molar-refractivity contribution in [3.05, 3.63) is 47.7 Å². The molecule has 1 rings (SSSR count). The van der Waals surface area contributed by atoms with E-state index < -0.39 is 0 Å². The number of ether oxygens (including phenoxy) is 1. The molecule has 0 aliphatic heterocycles. The van der Waals surface area contributed by atoms with Crippen LogP contribution in [0.3, 0.4) is 0 Å². The number of hydrogen-bond donors (Lipinski definition) is 0. The molecule has 0 fully saturated rings. The van der Waals surface area contributed by atoms with Crippen LogP contribution in [0.15, 0.2) is 47.7 Å². The SMILES string of the molecule is ClC=C=CCOc1ccccc1. The molecule has 12 heavy (non-hydrogen) atoms. The number of hydrogen-bond acceptors (Lipinski definition) is 1. The summed E-state index contributed by atoms with van der Waals surface area (Å²) in [5.74, 6) is 0.852. The third-order valence-corrected chi connectivity index (χ3v) is 1.38. The highest BCUT2D eigenvalue weighted by Crippen LogP contribution is 2.07. The van der Waals surface area contributed by atoms with Crippen molar-refractivity contribution in [1.29, 1.82) is 0 Å².